The Morgan fingerprint density at radius 3 is 1.08 bits per heavy atom. The van der Waals surface area contributed by atoms with Crippen LogP contribution in [0.4, 0.5) is 0 Å². The number of aryl methyl sites for hydroxylation is 2. The Kier molecular flexibility index (Phi) is 31.7. The number of ether oxygens (including phenoxy) is 2. The number of ketones is 1. The second kappa shape index (κ2) is 40.1. The fraction of sp³-hybridized carbons (Fsp3) is 0.511. The van der Waals surface area contributed by atoms with Gasteiger partial charge < -0.3 is 36.3 Å². The van der Waals surface area contributed by atoms with Gasteiger partial charge in [-0.15, -0.1) is 12.4 Å². The van der Waals surface area contributed by atoms with Crippen LogP contribution in [0.5, 0.6) is 0 Å². The molecule has 554 valence electrons. The number of carbonyl (C=O) groups is 4. The number of nitrogens with zero attached hydrogens (tertiary/aromatic N) is 3. The standard InChI is InChI=1S/C31H42N2O2.C27H34N2O2.C19H25NO.C11H16N2O2.ClH/c1-5-25(19-23-9-7-6-8-10-23)27-20-29(27)33-26-16-13-22(14-17-26)11-12-24-15-18-28(32-21-24)30(34)35-31(2,3)4;1-2-22(16-20-6-4-3-5-7-20)24-17-26(24)29-23-13-10-19(11-14-23)8-9-21-12-15-25(27(30)31)28-18-21;1-2-15(12-14-6-4-3-5-7-14)18-13-19(18)20-16-8-10-17(21)11-9-16;1-11(2,3)15-10(14)9-5-4-8(6-12)7-13-9;/h6-10,15,18-19,21-22,26-27,29,33H,5,11-14,16-17,20H2,1-4H3;3-7,12,15-16,18-19,23-24,26,29H,2,8-11,13-14,17H2,1H3,(H,30,31);3-7,12,16,18-20H,2,8-11,13H2,1H3;4-5,7H,6,12H2,1-3H3;1H/b25-19+;22-16+;15-12+;;/t22?,26?,27-,29+;19?,23?,24-,26+;18-,19+;;/m000../s1. The van der Waals surface area contributed by atoms with E-state index in [1.165, 1.54) is 106 Å². The van der Waals surface area contributed by atoms with E-state index in [0.717, 1.165) is 80.8 Å². The molecule has 0 saturated heterocycles. The minimum atomic E-state index is -0.961. The second-order valence-electron chi connectivity index (χ2n) is 31.3. The van der Waals surface area contributed by atoms with Crippen molar-refractivity contribution in [1.82, 2.24) is 30.9 Å². The van der Waals surface area contributed by atoms with Crippen LogP contribution in [0, 0.1) is 29.6 Å². The number of hydrogen-bond donors (Lipinski definition) is 5. The Hall–Kier alpha value is -7.46. The minimum absolute atomic E-state index is 0. The van der Waals surface area contributed by atoms with Crippen LogP contribution in [0.2, 0.25) is 0 Å². The van der Waals surface area contributed by atoms with Gasteiger partial charge in [0, 0.05) is 74.2 Å². The van der Waals surface area contributed by atoms with E-state index in [4.69, 9.17) is 20.3 Å². The molecule has 0 spiro atoms. The number of halogens is 1. The van der Waals surface area contributed by atoms with Crippen LogP contribution in [0.1, 0.15) is 256 Å². The molecule has 12 rings (SSSR count). The molecule has 0 amide bonds. The lowest BCUT2D eigenvalue weighted by Gasteiger charge is -2.29. The smallest absolute Gasteiger partial charge is 0.357 e. The molecular formula is C88H118ClN7O7. The number of nitrogens with two attached hydrogens (primary N) is 1. The highest BCUT2D eigenvalue weighted by molar-refractivity contribution is 5.88. The van der Waals surface area contributed by atoms with Crippen LogP contribution in [0.25, 0.3) is 18.2 Å². The highest BCUT2D eigenvalue weighted by Crippen LogP contribution is 2.44. The van der Waals surface area contributed by atoms with Crippen molar-refractivity contribution in [2.45, 2.75) is 258 Å². The van der Waals surface area contributed by atoms with Crippen LogP contribution in [-0.2, 0) is 33.7 Å². The van der Waals surface area contributed by atoms with Gasteiger partial charge in [-0.1, -0.05) is 165 Å². The topological polar surface area (TPSA) is 208 Å². The third-order valence-corrected chi connectivity index (χ3v) is 20.9. The van der Waals surface area contributed by atoms with Crippen LogP contribution in [0.15, 0.2) is 163 Å². The summed E-state index contributed by atoms with van der Waals surface area (Å²) in [7, 11) is 0. The Bertz CT molecular complexity index is 3660. The number of rotatable bonds is 25. The average Bonchev–Trinajstić information content (AvgIpc) is 1.67. The third kappa shape index (κ3) is 27.8. The molecule has 0 radical (unpaired) electrons. The van der Waals surface area contributed by atoms with Crippen molar-refractivity contribution < 1.29 is 33.8 Å². The normalized spacial score (nSPS) is 23.3. The summed E-state index contributed by atoms with van der Waals surface area (Å²) in [6, 6.07) is 46.6. The molecule has 6 aromatic rings. The maximum absolute atomic E-state index is 12.2. The zero-order valence-corrected chi connectivity index (χ0v) is 63.7. The zero-order valence-electron chi connectivity index (χ0n) is 62.9. The summed E-state index contributed by atoms with van der Waals surface area (Å²) in [6.07, 6.45) is 37.8. The minimum Gasteiger partial charge on any atom is -0.477 e. The highest BCUT2D eigenvalue weighted by Gasteiger charge is 2.43. The number of nitrogens with one attached hydrogen (secondary N) is 3. The second-order valence-corrected chi connectivity index (χ2v) is 31.3. The first-order valence-corrected chi connectivity index (χ1v) is 38.4. The summed E-state index contributed by atoms with van der Waals surface area (Å²) in [6.45, 7) is 18.3. The van der Waals surface area contributed by atoms with E-state index in [2.05, 4.69) is 161 Å². The Balaban J connectivity index is 0.000000181. The monoisotopic (exact) mass is 1420 g/mol. The lowest BCUT2D eigenvalue weighted by Crippen LogP contribution is -2.35. The lowest BCUT2D eigenvalue weighted by atomic mass is 9.82. The molecular weight excluding hydrogens is 1300 g/mol. The van der Waals surface area contributed by atoms with Gasteiger partial charge in [0.05, 0.1) is 0 Å². The van der Waals surface area contributed by atoms with Crippen molar-refractivity contribution in [3.8, 4) is 0 Å². The number of carboxylic acids is 1. The molecule has 103 heavy (non-hydrogen) atoms. The first-order valence-electron chi connectivity index (χ1n) is 38.4. The lowest BCUT2D eigenvalue weighted by molar-refractivity contribution is -0.120. The van der Waals surface area contributed by atoms with Gasteiger partial charge in [-0.05, 0) is 251 Å². The molecule has 6 atom stereocenters. The molecule has 6 aliphatic rings. The summed E-state index contributed by atoms with van der Waals surface area (Å²) in [5.74, 6) is 2.41. The van der Waals surface area contributed by atoms with Gasteiger partial charge in [0.15, 0.2) is 0 Å². The molecule has 0 bridgehead atoms. The Labute approximate surface area is 621 Å². The fourth-order valence-electron chi connectivity index (χ4n) is 14.8. The van der Waals surface area contributed by atoms with Crippen molar-refractivity contribution in [3.05, 3.63) is 213 Å². The number of hydrogen-bond acceptors (Lipinski definition) is 13. The van der Waals surface area contributed by atoms with E-state index in [-0.39, 0.29) is 24.1 Å². The van der Waals surface area contributed by atoms with Gasteiger partial charge >= 0.3 is 17.9 Å². The molecule has 6 aliphatic carbocycles. The average molecular weight is 1420 g/mol. The third-order valence-electron chi connectivity index (χ3n) is 20.9. The van der Waals surface area contributed by atoms with Gasteiger partial charge in [-0.25, -0.2) is 29.3 Å². The van der Waals surface area contributed by atoms with E-state index >= 15 is 0 Å². The SMILES string of the molecule is CC(C)(C)OC(=O)c1ccc(CN)cn1.CC/C(=C\c1ccccc1)[C@@H]1C[C@H]1NC1CCC(=O)CC1.CC/C(=C\c1ccccc1)[C@@H]1C[C@H]1NC1CCC(CCc2ccc(C(=O)O)nc2)CC1.CC/C(=C\c1ccccc1)[C@@H]1C[C@H]1NC1CCC(CCc2ccc(C(=O)OC(C)(C)C)nc2)CC1.Cl. The number of benzene rings is 3. The predicted molar refractivity (Wildman–Crippen MR) is 420 cm³/mol. The Morgan fingerprint density at radius 1 is 0.466 bits per heavy atom. The highest BCUT2D eigenvalue weighted by atomic mass is 35.5. The van der Waals surface area contributed by atoms with Crippen molar-refractivity contribution in [2.24, 2.45) is 35.3 Å². The molecule has 14 nitrogen and oxygen atoms in total. The number of esters is 2. The van der Waals surface area contributed by atoms with Gasteiger partial charge in [0.1, 0.15) is 34.1 Å². The largest absolute Gasteiger partial charge is 0.477 e. The molecule has 15 heteroatoms. The van der Waals surface area contributed by atoms with E-state index < -0.39 is 23.1 Å². The number of aromatic nitrogens is 3. The van der Waals surface area contributed by atoms with Gasteiger partial charge in [0.2, 0.25) is 0 Å². The van der Waals surface area contributed by atoms with Crippen molar-refractivity contribution in [2.75, 3.05) is 0 Å². The summed E-state index contributed by atoms with van der Waals surface area (Å²) in [4.78, 5) is 58.3. The zero-order chi connectivity index (χ0) is 72.6. The number of aromatic carboxylic acids is 1. The summed E-state index contributed by atoms with van der Waals surface area (Å²) in [5.41, 5.74) is 17.2. The molecule has 0 unspecified atom stereocenters. The molecule has 3 heterocycles. The number of carboxylic acid groups (broad SMARTS) is 1. The first-order chi connectivity index (χ1) is 49.1. The van der Waals surface area contributed by atoms with Crippen LogP contribution in [0.3, 0.4) is 0 Å². The Morgan fingerprint density at radius 2 is 0.786 bits per heavy atom. The van der Waals surface area contributed by atoms with Gasteiger partial charge in [0.25, 0.3) is 0 Å². The number of pyridine rings is 3. The molecule has 6 N–H and O–H groups in total. The van der Waals surface area contributed by atoms with Crippen LogP contribution >= 0.6 is 12.4 Å². The number of Topliss-reactive ketones (excluding diaryl/α,β-unsaturated/α-hetero) is 1. The van der Waals surface area contributed by atoms with E-state index in [1.807, 2.05) is 59.9 Å². The van der Waals surface area contributed by atoms with Crippen LogP contribution < -0.4 is 21.7 Å². The molecule has 6 saturated carbocycles. The van der Waals surface area contributed by atoms with Crippen molar-refractivity contribution in [3.63, 3.8) is 0 Å². The van der Waals surface area contributed by atoms with Gasteiger partial charge in [-0.2, -0.15) is 0 Å². The molecule has 3 aromatic heterocycles. The van der Waals surface area contributed by atoms with E-state index in [9.17, 15) is 19.2 Å². The fourth-order valence-corrected chi connectivity index (χ4v) is 14.8. The summed E-state index contributed by atoms with van der Waals surface area (Å²) < 4.78 is 10.6. The van der Waals surface area contributed by atoms with Gasteiger partial charge in [-0.3, -0.25) is 4.79 Å². The summed E-state index contributed by atoms with van der Waals surface area (Å²) >= 11 is 0. The maximum atomic E-state index is 12.2. The number of carbonyl (C=O) groups excluding carboxylic acids is 3. The van der Waals surface area contributed by atoms with E-state index in [1.54, 1.807) is 53.4 Å². The van der Waals surface area contributed by atoms with Crippen molar-refractivity contribution >= 4 is 54.3 Å². The van der Waals surface area contributed by atoms with E-state index in [0.29, 0.717) is 77.7 Å². The quantitative estimate of drug-likeness (QED) is 0.0338. The maximum Gasteiger partial charge on any atom is 0.357 e. The van der Waals surface area contributed by atoms with Crippen LogP contribution in [-0.4, -0.2) is 91.2 Å². The first kappa shape index (κ1) is 81.2. The van der Waals surface area contributed by atoms with Crippen molar-refractivity contribution in [1.29, 1.82) is 0 Å². The molecule has 3 aromatic carbocycles. The summed E-state index contributed by atoms with van der Waals surface area (Å²) in [5, 5.41) is 20.7. The molecule has 6 fully saturated rings. The predicted octanol–water partition coefficient (Wildman–Crippen LogP) is 18.6. The molecule has 0 aliphatic heterocycles.